The van der Waals surface area contributed by atoms with Crippen LogP contribution in [0.25, 0.3) is 33.0 Å². The minimum atomic E-state index is 0.813. The summed E-state index contributed by atoms with van der Waals surface area (Å²) in [5, 5.41) is 3.07. The fourth-order valence-corrected chi connectivity index (χ4v) is 3.42. The molecule has 0 aromatic heterocycles. The van der Waals surface area contributed by atoms with Gasteiger partial charge in [-0.15, -0.1) is 0 Å². The Balaban J connectivity index is 2.11. The molecule has 0 N–H and O–H groups in total. The molecule has 0 saturated heterocycles. The Morgan fingerprint density at radius 1 is 0.565 bits per heavy atom. The Kier molecular flexibility index (Phi) is 3.61. The van der Waals surface area contributed by atoms with Gasteiger partial charge < -0.3 is 0 Å². The maximum absolute atomic E-state index is 6.83. The van der Waals surface area contributed by atoms with Gasteiger partial charge in [0, 0.05) is 10.9 Å². The molecule has 4 rings (SSSR count). The lowest BCUT2D eigenvalue weighted by molar-refractivity contribution is 1.60. The van der Waals surface area contributed by atoms with E-state index in [1.54, 1.807) is 0 Å². The summed E-state index contributed by atoms with van der Waals surface area (Å²) in [6, 6.07) is 31.3. The van der Waals surface area contributed by atoms with Crippen molar-refractivity contribution in [3.05, 3.63) is 96.0 Å². The molecule has 0 spiro atoms. The van der Waals surface area contributed by atoms with Gasteiger partial charge >= 0.3 is 0 Å². The molecule has 4 aromatic carbocycles. The topological polar surface area (TPSA) is 0 Å². The Hall–Kier alpha value is -2.57. The fraction of sp³-hybridized carbons (Fsp3) is 0. The summed E-state index contributed by atoms with van der Waals surface area (Å²) in [4.78, 5) is 0. The van der Waals surface area contributed by atoms with Gasteiger partial charge in [-0.2, -0.15) is 0 Å². The minimum Gasteiger partial charge on any atom is -0.0830 e. The largest absolute Gasteiger partial charge is 0.0830 e. The van der Waals surface area contributed by atoms with E-state index in [-0.39, 0.29) is 0 Å². The monoisotopic (exact) mass is 314 g/mol. The zero-order chi connectivity index (χ0) is 15.6. The van der Waals surface area contributed by atoms with Crippen LogP contribution in [0.15, 0.2) is 91.0 Å². The number of hydrogen-bond donors (Lipinski definition) is 0. The smallest absolute Gasteiger partial charge is 0.0569 e. The van der Waals surface area contributed by atoms with Crippen molar-refractivity contribution in [3.8, 4) is 22.3 Å². The molecule has 0 radical (unpaired) electrons. The van der Waals surface area contributed by atoms with Crippen LogP contribution >= 0.6 is 11.6 Å². The van der Waals surface area contributed by atoms with Crippen molar-refractivity contribution in [3.63, 3.8) is 0 Å². The molecule has 0 aliphatic carbocycles. The standard InChI is InChI=1S/C22H15Cl/c23-22-19-14-8-7-13-18(19)15-20(16-9-3-1-4-10-16)21(22)17-11-5-2-6-12-17/h1-15H. The Bertz CT molecular complexity index is 957. The van der Waals surface area contributed by atoms with E-state index < -0.39 is 0 Å². The predicted molar refractivity (Wildman–Crippen MR) is 99.8 cm³/mol. The van der Waals surface area contributed by atoms with Crippen LogP contribution in [0, 0.1) is 0 Å². The first-order valence-corrected chi connectivity index (χ1v) is 8.04. The minimum absolute atomic E-state index is 0.813. The van der Waals surface area contributed by atoms with Crippen LogP contribution in [0.2, 0.25) is 5.02 Å². The number of rotatable bonds is 2. The van der Waals surface area contributed by atoms with Crippen LogP contribution in [0.3, 0.4) is 0 Å². The van der Waals surface area contributed by atoms with Crippen LogP contribution in [0.1, 0.15) is 0 Å². The van der Waals surface area contributed by atoms with Crippen LogP contribution in [-0.2, 0) is 0 Å². The number of fused-ring (bicyclic) bond motifs is 1. The Labute approximate surface area is 141 Å². The van der Waals surface area contributed by atoms with Crippen molar-refractivity contribution in [1.29, 1.82) is 0 Å². The van der Waals surface area contributed by atoms with E-state index in [0.717, 1.165) is 26.9 Å². The second-order valence-electron chi connectivity index (χ2n) is 5.57. The first-order chi connectivity index (χ1) is 11.3. The second kappa shape index (κ2) is 5.91. The molecule has 0 heterocycles. The van der Waals surface area contributed by atoms with Gasteiger partial charge in [-0.3, -0.25) is 0 Å². The van der Waals surface area contributed by atoms with Crippen LogP contribution in [0.4, 0.5) is 0 Å². The molecule has 110 valence electrons. The summed E-state index contributed by atoms with van der Waals surface area (Å²) >= 11 is 6.83. The summed E-state index contributed by atoms with van der Waals surface area (Å²) < 4.78 is 0. The average Bonchev–Trinajstić information content (AvgIpc) is 2.63. The highest BCUT2D eigenvalue weighted by Gasteiger charge is 2.14. The molecule has 0 aliphatic rings. The van der Waals surface area contributed by atoms with Gasteiger partial charge in [0.2, 0.25) is 0 Å². The molecule has 0 amide bonds. The van der Waals surface area contributed by atoms with E-state index in [9.17, 15) is 0 Å². The zero-order valence-electron chi connectivity index (χ0n) is 12.5. The van der Waals surface area contributed by atoms with E-state index >= 15 is 0 Å². The third kappa shape index (κ3) is 2.52. The third-order valence-corrected chi connectivity index (χ3v) is 4.53. The summed E-state index contributed by atoms with van der Waals surface area (Å²) in [5.41, 5.74) is 4.58. The highest BCUT2D eigenvalue weighted by atomic mass is 35.5. The molecule has 0 fully saturated rings. The van der Waals surface area contributed by atoms with E-state index in [4.69, 9.17) is 11.6 Å². The molecule has 0 bridgehead atoms. The van der Waals surface area contributed by atoms with Gasteiger partial charge in [0.25, 0.3) is 0 Å². The van der Waals surface area contributed by atoms with Gasteiger partial charge in [-0.25, -0.2) is 0 Å². The molecule has 23 heavy (non-hydrogen) atoms. The fourth-order valence-electron chi connectivity index (χ4n) is 3.04. The van der Waals surface area contributed by atoms with Crippen LogP contribution in [-0.4, -0.2) is 0 Å². The van der Waals surface area contributed by atoms with E-state index in [1.807, 2.05) is 18.2 Å². The average molecular weight is 315 g/mol. The Morgan fingerprint density at radius 2 is 1.13 bits per heavy atom. The van der Waals surface area contributed by atoms with Crippen molar-refractivity contribution in [2.24, 2.45) is 0 Å². The number of hydrogen-bond acceptors (Lipinski definition) is 0. The number of benzene rings is 4. The Morgan fingerprint density at radius 3 is 1.83 bits per heavy atom. The predicted octanol–water partition coefficient (Wildman–Crippen LogP) is 6.83. The lowest BCUT2D eigenvalue weighted by Gasteiger charge is -2.15. The first-order valence-electron chi connectivity index (χ1n) is 7.67. The van der Waals surface area contributed by atoms with Gasteiger partial charge in [-0.1, -0.05) is 96.5 Å². The molecule has 0 aliphatic heterocycles. The van der Waals surface area contributed by atoms with Crippen LogP contribution in [0.5, 0.6) is 0 Å². The molecule has 0 atom stereocenters. The molecule has 0 nitrogen and oxygen atoms in total. The van der Waals surface area contributed by atoms with Crippen molar-refractivity contribution >= 4 is 22.4 Å². The first kappa shape index (κ1) is 14.0. The van der Waals surface area contributed by atoms with E-state index in [2.05, 4.69) is 72.8 Å². The normalized spacial score (nSPS) is 10.8. The van der Waals surface area contributed by atoms with Crippen molar-refractivity contribution in [2.45, 2.75) is 0 Å². The van der Waals surface area contributed by atoms with Crippen molar-refractivity contribution < 1.29 is 0 Å². The molecular formula is C22H15Cl. The lowest BCUT2D eigenvalue weighted by atomic mass is 9.91. The second-order valence-corrected chi connectivity index (χ2v) is 5.94. The van der Waals surface area contributed by atoms with Crippen molar-refractivity contribution in [2.75, 3.05) is 0 Å². The molecule has 4 aromatic rings. The summed E-state index contributed by atoms with van der Waals surface area (Å²) in [6.07, 6.45) is 0. The quantitative estimate of drug-likeness (QED) is 0.380. The van der Waals surface area contributed by atoms with Gasteiger partial charge in [0.15, 0.2) is 0 Å². The van der Waals surface area contributed by atoms with Crippen molar-refractivity contribution in [1.82, 2.24) is 0 Å². The van der Waals surface area contributed by atoms with E-state index in [0.29, 0.717) is 0 Å². The zero-order valence-corrected chi connectivity index (χ0v) is 13.3. The lowest BCUT2D eigenvalue weighted by Crippen LogP contribution is -1.89. The molecule has 0 unspecified atom stereocenters. The van der Waals surface area contributed by atoms with E-state index in [1.165, 1.54) is 11.1 Å². The van der Waals surface area contributed by atoms with Gasteiger partial charge in [0.05, 0.1) is 5.02 Å². The molecule has 0 saturated carbocycles. The SMILES string of the molecule is Clc1c(-c2ccccc2)c(-c2ccccc2)cc2ccccc12. The molecular weight excluding hydrogens is 300 g/mol. The maximum Gasteiger partial charge on any atom is 0.0569 e. The summed E-state index contributed by atoms with van der Waals surface area (Å²) in [5.74, 6) is 0. The highest BCUT2D eigenvalue weighted by Crippen LogP contribution is 2.42. The van der Waals surface area contributed by atoms with Crippen LogP contribution < -0.4 is 0 Å². The van der Waals surface area contributed by atoms with Gasteiger partial charge in [-0.05, 0) is 28.1 Å². The van der Waals surface area contributed by atoms with Gasteiger partial charge in [0.1, 0.15) is 0 Å². The third-order valence-electron chi connectivity index (χ3n) is 4.13. The highest BCUT2D eigenvalue weighted by molar-refractivity contribution is 6.39. The molecule has 1 heteroatoms. The summed E-state index contributed by atoms with van der Waals surface area (Å²) in [6.45, 7) is 0. The maximum atomic E-state index is 6.83. The summed E-state index contributed by atoms with van der Waals surface area (Å²) in [7, 11) is 0. The number of halogens is 1.